The fourth-order valence-corrected chi connectivity index (χ4v) is 2.44. The molecule has 0 N–H and O–H groups in total. The number of morpholine rings is 1. The van der Waals surface area contributed by atoms with Crippen molar-refractivity contribution in [1.29, 1.82) is 0 Å². The van der Waals surface area contributed by atoms with Crippen molar-refractivity contribution in [2.24, 2.45) is 0 Å². The van der Waals surface area contributed by atoms with Gasteiger partial charge in [-0.05, 0) is 12.8 Å². The molecule has 0 bridgehead atoms. The number of ether oxygens (including phenoxy) is 1. The van der Waals surface area contributed by atoms with Gasteiger partial charge in [-0.2, -0.15) is 0 Å². The van der Waals surface area contributed by atoms with E-state index in [1.54, 1.807) is 0 Å². The van der Waals surface area contributed by atoms with Gasteiger partial charge in [0, 0.05) is 32.3 Å². The highest BCUT2D eigenvalue weighted by molar-refractivity contribution is 5.92. The summed E-state index contributed by atoms with van der Waals surface area (Å²) >= 11 is 0. The van der Waals surface area contributed by atoms with Crippen molar-refractivity contribution < 1.29 is 9.53 Å². The van der Waals surface area contributed by atoms with Gasteiger partial charge in [0.1, 0.15) is 11.5 Å². The van der Waals surface area contributed by atoms with Crippen LogP contribution >= 0.6 is 0 Å². The first kappa shape index (κ1) is 10.8. The molecule has 92 valence electrons. The number of nitrogens with zero attached hydrogens (tertiary/aromatic N) is 3. The maximum atomic E-state index is 12.2. The SMILES string of the molecule is O=C(c1cn2c(n1)CCCC2)N1CCOCC1. The molecule has 1 aromatic heterocycles. The van der Waals surface area contributed by atoms with Gasteiger partial charge < -0.3 is 14.2 Å². The highest BCUT2D eigenvalue weighted by Gasteiger charge is 2.22. The molecule has 0 aliphatic carbocycles. The molecule has 0 spiro atoms. The minimum atomic E-state index is 0.0511. The molecule has 1 fully saturated rings. The lowest BCUT2D eigenvalue weighted by Crippen LogP contribution is -2.40. The molecule has 17 heavy (non-hydrogen) atoms. The summed E-state index contributed by atoms with van der Waals surface area (Å²) in [6, 6.07) is 0. The van der Waals surface area contributed by atoms with Gasteiger partial charge in [-0.15, -0.1) is 0 Å². The molecule has 0 unspecified atom stereocenters. The molecule has 0 saturated carbocycles. The predicted molar refractivity (Wildman–Crippen MR) is 61.9 cm³/mol. The summed E-state index contributed by atoms with van der Waals surface area (Å²) in [7, 11) is 0. The van der Waals surface area contributed by atoms with Crippen LogP contribution in [0.15, 0.2) is 6.20 Å². The zero-order valence-electron chi connectivity index (χ0n) is 9.89. The number of carbonyl (C=O) groups is 1. The van der Waals surface area contributed by atoms with E-state index in [4.69, 9.17) is 4.74 Å². The van der Waals surface area contributed by atoms with E-state index in [0.29, 0.717) is 32.0 Å². The summed E-state index contributed by atoms with van der Waals surface area (Å²) in [6.45, 7) is 3.64. The minimum absolute atomic E-state index is 0.0511. The summed E-state index contributed by atoms with van der Waals surface area (Å²) in [5.41, 5.74) is 0.601. The average molecular weight is 235 g/mol. The molecule has 1 aromatic rings. The molecule has 2 aliphatic heterocycles. The zero-order chi connectivity index (χ0) is 11.7. The Labute approximate surface area is 100 Å². The molecule has 3 heterocycles. The summed E-state index contributed by atoms with van der Waals surface area (Å²) in [5.74, 6) is 1.11. The third-order valence-electron chi connectivity index (χ3n) is 3.43. The van der Waals surface area contributed by atoms with Crippen LogP contribution in [0.25, 0.3) is 0 Å². The maximum absolute atomic E-state index is 12.2. The Bertz CT molecular complexity index is 398. The number of aryl methyl sites for hydroxylation is 2. The first-order valence-electron chi connectivity index (χ1n) is 6.28. The summed E-state index contributed by atoms with van der Waals surface area (Å²) in [6.07, 6.45) is 5.28. The van der Waals surface area contributed by atoms with Crippen LogP contribution in [0.3, 0.4) is 0 Å². The Morgan fingerprint density at radius 3 is 2.82 bits per heavy atom. The van der Waals surface area contributed by atoms with E-state index in [9.17, 15) is 4.79 Å². The van der Waals surface area contributed by atoms with Gasteiger partial charge in [0.25, 0.3) is 5.91 Å². The molecule has 0 radical (unpaired) electrons. The predicted octanol–water partition coefficient (Wildman–Crippen LogP) is 0.692. The second kappa shape index (κ2) is 4.49. The Balaban J connectivity index is 1.78. The van der Waals surface area contributed by atoms with E-state index < -0.39 is 0 Å². The van der Waals surface area contributed by atoms with Gasteiger partial charge in [0.2, 0.25) is 0 Å². The van der Waals surface area contributed by atoms with Crippen LogP contribution in [0.5, 0.6) is 0 Å². The normalized spacial score (nSPS) is 20.1. The highest BCUT2D eigenvalue weighted by atomic mass is 16.5. The van der Waals surface area contributed by atoms with E-state index in [1.807, 2.05) is 11.1 Å². The zero-order valence-corrected chi connectivity index (χ0v) is 9.89. The van der Waals surface area contributed by atoms with Crippen LogP contribution in [0.4, 0.5) is 0 Å². The van der Waals surface area contributed by atoms with Crippen LogP contribution in [0, 0.1) is 0 Å². The van der Waals surface area contributed by atoms with Crippen molar-refractivity contribution in [2.45, 2.75) is 25.8 Å². The van der Waals surface area contributed by atoms with Crippen molar-refractivity contribution in [3.8, 4) is 0 Å². The molecule has 0 atom stereocenters. The second-order valence-electron chi connectivity index (χ2n) is 4.60. The van der Waals surface area contributed by atoms with Crippen molar-refractivity contribution in [1.82, 2.24) is 14.5 Å². The molecule has 5 heteroatoms. The average Bonchev–Trinajstić information content (AvgIpc) is 2.82. The van der Waals surface area contributed by atoms with E-state index in [2.05, 4.69) is 9.55 Å². The van der Waals surface area contributed by atoms with Crippen LogP contribution in [-0.4, -0.2) is 46.7 Å². The lowest BCUT2D eigenvalue weighted by Gasteiger charge is -2.25. The van der Waals surface area contributed by atoms with E-state index in [1.165, 1.54) is 12.8 Å². The molecular formula is C12H17N3O2. The Kier molecular flexibility index (Phi) is 2.84. The second-order valence-corrected chi connectivity index (χ2v) is 4.60. The number of hydrogen-bond donors (Lipinski definition) is 0. The minimum Gasteiger partial charge on any atom is -0.378 e. The van der Waals surface area contributed by atoms with E-state index in [-0.39, 0.29) is 5.91 Å². The van der Waals surface area contributed by atoms with Crippen molar-refractivity contribution in [3.63, 3.8) is 0 Å². The standard InChI is InChI=1S/C12H17N3O2/c16-12(14-5-7-17-8-6-14)10-9-15-4-2-1-3-11(15)13-10/h9H,1-8H2. The van der Waals surface area contributed by atoms with Crippen molar-refractivity contribution in [2.75, 3.05) is 26.3 Å². The smallest absolute Gasteiger partial charge is 0.274 e. The Morgan fingerprint density at radius 2 is 2.06 bits per heavy atom. The number of rotatable bonds is 1. The fraction of sp³-hybridized carbons (Fsp3) is 0.667. The number of imidazole rings is 1. The topological polar surface area (TPSA) is 47.4 Å². The van der Waals surface area contributed by atoms with Gasteiger partial charge >= 0.3 is 0 Å². The fourth-order valence-electron chi connectivity index (χ4n) is 2.44. The Morgan fingerprint density at radius 1 is 1.24 bits per heavy atom. The van der Waals surface area contributed by atoms with Gasteiger partial charge in [-0.3, -0.25) is 4.79 Å². The summed E-state index contributed by atoms with van der Waals surface area (Å²) in [5, 5.41) is 0. The monoisotopic (exact) mass is 235 g/mol. The van der Waals surface area contributed by atoms with Gasteiger partial charge in [-0.1, -0.05) is 0 Å². The number of fused-ring (bicyclic) bond motifs is 1. The third-order valence-corrected chi connectivity index (χ3v) is 3.43. The molecule has 0 aromatic carbocycles. The van der Waals surface area contributed by atoms with Crippen LogP contribution in [0.2, 0.25) is 0 Å². The lowest BCUT2D eigenvalue weighted by molar-refractivity contribution is 0.0299. The molecule has 1 amide bonds. The van der Waals surface area contributed by atoms with Crippen LogP contribution < -0.4 is 0 Å². The first-order valence-corrected chi connectivity index (χ1v) is 6.28. The summed E-state index contributed by atoms with van der Waals surface area (Å²) < 4.78 is 7.37. The summed E-state index contributed by atoms with van der Waals surface area (Å²) in [4.78, 5) is 18.5. The van der Waals surface area contributed by atoms with Crippen molar-refractivity contribution >= 4 is 5.91 Å². The van der Waals surface area contributed by atoms with E-state index >= 15 is 0 Å². The maximum Gasteiger partial charge on any atom is 0.274 e. The number of aromatic nitrogens is 2. The van der Waals surface area contributed by atoms with Gasteiger partial charge in [0.15, 0.2) is 0 Å². The van der Waals surface area contributed by atoms with Crippen LogP contribution in [-0.2, 0) is 17.7 Å². The number of carbonyl (C=O) groups excluding carboxylic acids is 1. The van der Waals surface area contributed by atoms with Gasteiger partial charge in [0.05, 0.1) is 13.2 Å². The largest absolute Gasteiger partial charge is 0.378 e. The number of amides is 1. The molecule has 2 aliphatic rings. The Hall–Kier alpha value is -1.36. The molecule has 5 nitrogen and oxygen atoms in total. The third kappa shape index (κ3) is 2.07. The quantitative estimate of drug-likeness (QED) is 0.719. The molecular weight excluding hydrogens is 218 g/mol. The number of hydrogen-bond acceptors (Lipinski definition) is 3. The molecule has 3 rings (SSSR count). The first-order chi connectivity index (χ1) is 8.34. The lowest BCUT2D eigenvalue weighted by atomic mass is 10.2. The van der Waals surface area contributed by atoms with Gasteiger partial charge in [-0.25, -0.2) is 4.98 Å². The van der Waals surface area contributed by atoms with Crippen molar-refractivity contribution in [3.05, 3.63) is 17.7 Å². The van der Waals surface area contributed by atoms with Crippen LogP contribution in [0.1, 0.15) is 29.2 Å². The highest BCUT2D eigenvalue weighted by Crippen LogP contribution is 2.16. The van der Waals surface area contributed by atoms with E-state index in [0.717, 1.165) is 18.8 Å². The molecule has 1 saturated heterocycles.